The number of hydrogen-bond donors (Lipinski definition) is 2. The molecule has 0 saturated heterocycles. The SMILES string of the molecule is COCCOC(=O)CCC(=O)NC(=S)Nc1ccc(F)c(Cl)c1. The average molecular weight is 363 g/mol. The molecule has 0 unspecified atom stereocenters. The summed E-state index contributed by atoms with van der Waals surface area (Å²) in [6.07, 6.45) is -0.141. The summed E-state index contributed by atoms with van der Waals surface area (Å²) in [5.74, 6) is -1.50. The predicted octanol–water partition coefficient (Wildman–Crippen LogP) is 2.26. The first-order valence-electron chi connectivity index (χ1n) is 6.63. The van der Waals surface area contributed by atoms with Gasteiger partial charge in [0.25, 0.3) is 0 Å². The van der Waals surface area contributed by atoms with E-state index >= 15 is 0 Å². The number of amides is 1. The number of rotatable bonds is 7. The van der Waals surface area contributed by atoms with Crippen LogP contribution in [-0.4, -0.2) is 37.3 Å². The Morgan fingerprint density at radius 1 is 1.30 bits per heavy atom. The van der Waals surface area contributed by atoms with E-state index in [1.54, 1.807) is 0 Å². The van der Waals surface area contributed by atoms with Crippen LogP contribution in [-0.2, 0) is 19.1 Å². The van der Waals surface area contributed by atoms with E-state index in [0.717, 1.165) is 0 Å². The third-order valence-electron chi connectivity index (χ3n) is 2.54. The number of benzene rings is 1. The van der Waals surface area contributed by atoms with Crippen molar-refractivity contribution in [3.8, 4) is 0 Å². The quantitative estimate of drug-likeness (QED) is 0.440. The van der Waals surface area contributed by atoms with Crippen molar-refractivity contribution < 1.29 is 23.5 Å². The average Bonchev–Trinajstić information content (AvgIpc) is 2.49. The molecule has 0 aliphatic carbocycles. The molecule has 9 heteroatoms. The Morgan fingerprint density at radius 3 is 2.70 bits per heavy atom. The summed E-state index contributed by atoms with van der Waals surface area (Å²) in [7, 11) is 1.49. The van der Waals surface area contributed by atoms with Crippen molar-refractivity contribution >= 4 is 46.5 Å². The van der Waals surface area contributed by atoms with Crippen molar-refractivity contribution in [2.24, 2.45) is 0 Å². The molecule has 0 aliphatic rings. The Kier molecular flexibility index (Phi) is 8.46. The second-order valence-corrected chi connectivity index (χ2v) is 5.16. The second-order valence-electron chi connectivity index (χ2n) is 4.34. The summed E-state index contributed by atoms with van der Waals surface area (Å²) in [4.78, 5) is 23.0. The number of ether oxygens (including phenoxy) is 2. The van der Waals surface area contributed by atoms with E-state index in [1.807, 2.05) is 0 Å². The van der Waals surface area contributed by atoms with E-state index in [0.29, 0.717) is 12.3 Å². The molecule has 0 atom stereocenters. The van der Waals surface area contributed by atoms with Gasteiger partial charge in [0, 0.05) is 19.2 Å². The van der Waals surface area contributed by atoms with Gasteiger partial charge in [0.2, 0.25) is 5.91 Å². The van der Waals surface area contributed by atoms with Gasteiger partial charge in [-0.1, -0.05) is 11.6 Å². The summed E-state index contributed by atoms with van der Waals surface area (Å²) < 4.78 is 22.6. The zero-order valence-corrected chi connectivity index (χ0v) is 13.9. The molecule has 1 amide bonds. The summed E-state index contributed by atoms with van der Waals surface area (Å²) >= 11 is 10.6. The first kappa shape index (κ1) is 19.3. The standard InChI is InChI=1S/C14H16ClFN2O4S/c1-21-6-7-22-13(20)5-4-12(19)18-14(23)17-9-2-3-11(16)10(15)8-9/h2-3,8H,4-7H2,1H3,(H2,17,18,19,23). The number of hydrogen-bond acceptors (Lipinski definition) is 5. The highest BCUT2D eigenvalue weighted by Gasteiger charge is 2.10. The van der Waals surface area contributed by atoms with Crippen LogP contribution in [0.2, 0.25) is 5.02 Å². The maximum absolute atomic E-state index is 13.0. The number of esters is 1. The third-order valence-corrected chi connectivity index (χ3v) is 3.03. The first-order valence-corrected chi connectivity index (χ1v) is 7.41. The molecule has 1 rings (SSSR count). The summed E-state index contributed by atoms with van der Waals surface area (Å²) in [6.45, 7) is 0.439. The molecule has 0 radical (unpaired) electrons. The van der Waals surface area contributed by atoms with Gasteiger partial charge in [0.1, 0.15) is 12.4 Å². The van der Waals surface area contributed by atoms with Gasteiger partial charge < -0.3 is 20.1 Å². The fourth-order valence-electron chi connectivity index (χ4n) is 1.45. The molecule has 0 heterocycles. The number of carbonyl (C=O) groups is 2. The van der Waals surface area contributed by atoms with Gasteiger partial charge in [0.05, 0.1) is 18.1 Å². The molecule has 2 N–H and O–H groups in total. The van der Waals surface area contributed by atoms with Crippen molar-refractivity contribution in [2.75, 3.05) is 25.6 Å². The van der Waals surface area contributed by atoms with E-state index < -0.39 is 17.7 Å². The molecule has 6 nitrogen and oxygen atoms in total. The number of halogens is 2. The molecular weight excluding hydrogens is 347 g/mol. The van der Waals surface area contributed by atoms with Crippen LogP contribution in [0.25, 0.3) is 0 Å². The van der Waals surface area contributed by atoms with Crippen LogP contribution < -0.4 is 10.6 Å². The number of anilines is 1. The lowest BCUT2D eigenvalue weighted by Gasteiger charge is -2.10. The van der Waals surface area contributed by atoms with Crippen LogP contribution >= 0.6 is 23.8 Å². The van der Waals surface area contributed by atoms with Crippen LogP contribution in [0.4, 0.5) is 10.1 Å². The topological polar surface area (TPSA) is 76.7 Å². The zero-order valence-electron chi connectivity index (χ0n) is 12.4. The summed E-state index contributed by atoms with van der Waals surface area (Å²) in [5, 5.41) is 5.04. The molecular formula is C14H16ClFN2O4S. The maximum atomic E-state index is 13.0. The normalized spacial score (nSPS) is 10.0. The smallest absolute Gasteiger partial charge is 0.306 e. The van der Waals surface area contributed by atoms with Crippen molar-refractivity contribution in [3.05, 3.63) is 29.0 Å². The lowest BCUT2D eigenvalue weighted by Crippen LogP contribution is -2.34. The molecule has 1 aromatic carbocycles. The van der Waals surface area contributed by atoms with Gasteiger partial charge >= 0.3 is 5.97 Å². The lowest BCUT2D eigenvalue weighted by atomic mass is 10.3. The van der Waals surface area contributed by atoms with E-state index in [1.165, 1.54) is 25.3 Å². The maximum Gasteiger partial charge on any atom is 0.306 e. The van der Waals surface area contributed by atoms with Gasteiger partial charge in [-0.2, -0.15) is 0 Å². The number of carbonyl (C=O) groups excluding carboxylic acids is 2. The summed E-state index contributed by atoms with van der Waals surface area (Å²) in [6, 6.07) is 3.93. The molecule has 126 valence electrons. The second kappa shape index (κ2) is 10.1. The Balaban J connectivity index is 2.32. The fourth-order valence-corrected chi connectivity index (χ4v) is 1.86. The van der Waals surface area contributed by atoms with Gasteiger partial charge in [-0.15, -0.1) is 0 Å². The number of thiocarbonyl (C=S) groups is 1. The van der Waals surface area contributed by atoms with Crippen molar-refractivity contribution in [1.29, 1.82) is 0 Å². The van der Waals surface area contributed by atoms with Gasteiger partial charge in [0.15, 0.2) is 5.11 Å². The van der Waals surface area contributed by atoms with Crippen molar-refractivity contribution in [2.45, 2.75) is 12.8 Å². The minimum Gasteiger partial charge on any atom is -0.463 e. The molecule has 1 aromatic rings. The van der Waals surface area contributed by atoms with Crippen LogP contribution in [0.1, 0.15) is 12.8 Å². The Bertz CT molecular complexity index is 586. The van der Waals surface area contributed by atoms with E-state index in [2.05, 4.69) is 10.6 Å². The van der Waals surface area contributed by atoms with Gasteiger partial charge in [-0.05, 0) is 30.4 Å². The van der Waals surface area contributed by atoms with Crippen LogP contribution in [0.5, 0.6) is 0 Å². The molecule has 23 heavy (non-hydrogen) atoms. The highest BCUT2D eigenvalue weighted by atomic mass is 35.5. The first-order chi connectivity index (χ1) is 10.9. The van der Waals surface area contributed by atoms with Crippen molar-refractivity contribution in [1.82, 2.24) is 5.32 Å². The highest BCUT2D eigenvalue weighted by molar-refractivity contribution is 7.80. The monoisotopic (exact) mass is 362 g/mol. The molecule has 0 bridgehead atoms. The van der Waals surface area contributed by atoms with E-state index in [4.69, 9.17) is 33.3 Å². The highest BCUT2D eigenvalue weighted by Crippen LogP contribution is 2.19. The summed E-state index contributed by atoms with van der Waals surface area (Å²) in [5.41, 5.74) is 0.431. The predicted molar refractivity (Wildman–Crippen MR) is 87.8 cm³/mol. The minimum absolute atomic E-state index is 0.0189. The minimum atomic E-state index is -0.556. The molecule has 0 aromatic heterocycles. The van der Waals surface area contributed by atoms with Gasteiger partial charge in [-0.3, -0.25) is 9.59 Å². The third kappa shape index (κ3) is 7.87. The van der Waals surface area contributed by atoms with E-state index in [-0.39, 0.29) is 29.6 Å². The Labute approximate surface area is 143 Å². The molecule has 0 spiro atoms. The molecule has 0 saturated carbocycles. The lowest BCUT2D eigenvalue weighted by molar-refractivity contribution is -0.146. The van der Waals surface area contributed by atoms with Crippen LogP contribution in [0.15, 0.2) is 18.2 Å². The molecule has 0 fully saturated rings. The number of nitrogens with one attached hydrogen (secondary N) is 2. The Morgan fingerprint density at radius 2 is 2.04 bits per heavy atom. The number of methoxy groups -OCH3 is 1. The fraction of sp³-hybridized carbons (Fsp3) is 0.357. The van der Waals surface area contributed by atoms with Gasteiger partial charge in [-0.25, -0.2) is 4.39 Å². The Hall–Kier alpha value is -1.77. The zero-order chi connectivity index (χ0) is 17.2. The van der Waals surface area contributed by atoms with Crippen LogP contribution in [0.3, 0.4) is 0 Å². The van der Waals surface area contributed by atoms with E-state index in [9.17, 15) is 14.0 Å². The largest absolute Gasteiger partial charge is 0.463 e. The molecule has 0 aliphatic heterocycles. The van der Waals surface area contributed by atoms with Crippen molar-refractivity contribution in [3.63, 3.8) is 0 Å². The van der Waals surface area contributed by atoms with Crippen LogP contribution in [0, 0.1) is 5.82 Å².